The van der Waals surface area contributed by atoms with E-state index in [2.05, 4.69) is 0 Å². The Morgan fingerprint density at radius 2 is 1.66 bits per heavy atom. The molecule has 0 bridgehead atoms. The van der Waals surface area contributed by atoms with Crippen LogP contribution in [0.5, 0.6) is 0 Å². The molecule has 6 nitrogen and oxygen atoms in total. The van der Waals surface area contributed by atoms with Gasteiger partial charge in [0.15, 0.2) is 0 Å². The lowest BCUT2D eigenvalue weighted by Gasteiger charge is -2.30. The van der Waals surface area contributed by atoms with Gasteiger partial charge in [-0.1, -0.05) is 26.0 Å². The van der Waals surface area contributed by atoms with E-state index in [0.29, 0.717) is 18.8 Å². The number of aryl methyl sites for hydroxylation is 1. The van der Waals surface area contributed by atoms with Crippen LogP contribution in [0.4, 0.5) is 9.18 Å². The molecule has 0 saturated carbocycles. The fraction of sp³-hybridized carbons (Fsp3) is 0.455. The number of rotatable bonds is 8. The van der Waals surface area contributed by atoms with Crippen molar-refractivity contribution in [3.8, 4) is 0 Å². The van der Waals surface area contributed by atoms with Gasteiger partial charge >= 0.3 is 6.03 Å². The quantitative estimate of drug-likeness (QED) is 0.672. The van der Waals surface area contributed by atoms with E-state index in [0.717, 1.165) is 11.3 Å². The Hall–Kier alpha value is -2.83. The predicted molar refractivity (Wildman–Crippen MR) is 110 cm³/mol. The lowest BCUT2D eigenvalue weighted by Crippen LogP contribution is -2.47. The standard InChI is InChI=1S/C22H30FN3O3/c1-16(2)12-26(22(28)24(4)5)15-21(27)25(14-20-11-6-17(3)29-20)13-18-7-9-19(23)10-8-18/h6-11,16H,12-15H2,1-5H3. The van der Waals surface area contributed by atoms with Gasteiger partial charge in [0.25, 0.3) is 0 Å². The van der Waals surface area contributed by atoms with Crippen molar-refractivity contribution in [2.24, 2.45) is 5.92 Å². The SMILES string of the molecule is Cc1ccc(CN(Cc2ccc(F)cc2)C(=O)CN(CC(C)C)C(=O)N(C)C)o1. The summed E-state index contributed by atoms with van der Waals surface area (Å²) in [5.74, 6) is 1.13. The highest BCUT2D eigenvalue weighted by molar-refractivity contribution is 5.84. The lowest BCUT2D eigenvalue weighted by atomic mass is 10.2. The van der Waals surface area contributed by atoms with E-state index < -0.39 is 0 Å². The maximum absolute atomic E-state index is 13.2. The number of hydrogen-bond donors (Lipinski definition) is 0. The van der Waals surface area contributed by atoms with Gasteiger partial charge < -0.3 is 19.1 Å². The Morgan fingerprint density at radius 1 is 1.00 bits per heavy atom. The minimum Gasteiger partial charge on any atom is -0.464 e. The molecule has 7 heteroatoms. The molecule has 0 aliphatic heterocycles. The molecule has 0 spiro atoms. The van der Waals surface area contributed by atoms with Gasteiger partial charge in [-0.25, -0.2) is 9.18 Å². The average molecular weight is 403 g/mol. The molecule has 1 aromatic carbocycles. The van der Waals surface area contributed by atoms with Crippen LogP contribution < -0.4 is 0 Å². The number of hydrogen-bond acceptors (Lipinski definition) is 3. The smallest absolute Gasteiger partial charge is 0.319 e. The van der Waals surface area contributed by atoms with Gasteiger partial charge in [0.1, 0.15) is 23.9 Å². The molecule has 0 atom stereocenters. The third-order valence-electron chi connectivity index (χ3n) is 4.35. The number of amides is 3. The summed E-state index contributed by atoms with van der Waals surface area (Å²) in [4.78, 5) is 30.3. The first-order valence-corrected chi connectivity index (χ1v) is 9.69. The highest BCUT2D eigenvalue weighted by atomic mass is 19.1. The maximum atomic E-state index is 13.2. The number of halogens is 1. The van der Waals surface area contributed by atoms with Crippen LogP contribution in [0.2, 0.25) is 0 Å². The maximum Gasteiger partial charge on any atom is 0.319 e. The minimum atomic E-state index is -0.326. The number of carbonyl (C=O) groups is 2. The van der Waals surface area contributed by atoms with Crippen molar-refractivity contribution in [2.75, 3.05) is 27.2 Å². The van der Waals surface area contributed by atoms with Crippen molar-refractivity contribution >= 4 is 11.9 Å². The second-order valence-electron chi connectivity index (χ2n) is 7.84. The van der Waals surface area contributed by atoms with Crippen molar-refractivity contribution in [1.29, 1.82) is 0 Å². The summed E-state index contributed by atoms with van der Waals surface area (Å²) in [6, 6.07) is 9.52. The Bertz CT molecular complexity index is 815. The first-order chi connectivity index (χ1) is 13.7. The zero-order valence-corrected chi connectivity index (χ0v) is 17.8. The minimum absolute atomic E-state index is 0.0317. The third-order valence-corrected chi connectivity index (χ3v) is 4.35. The molecule has 29 heavy (non-hydrogen) atoms. The molecule has 0 aliphatic carbocycles. The van der Waals surface area contributed by atoms with E-state index in [1.54, 1.807) is 36.0 Å². The van der Waals surface area contributed by atoms with Crippen LogP contribution in [0.15, 0.2) is 40.8 Å². The van der Waals surface area contributed by atoms with Crippen LogP contribution >= 0.6 is 0 Å². The Labute approximate surface area is 171 Å². The molecule has 0 fully saturated rings. The van der Waals surface area contributed by atoms with E-state index in [1.165, 1.54) is 17.0 Å². The summed E-state index contributed by atoms with van der Waals surface area (Å²) in [5, 5.41) is 0. The van der Waals surface area contributed by atoms with Crippen molar-refractivity contribution in [3.05, 3.63) is 59.3 Å². The van der Waals surface area contributed by atoms with Crippen LogP contribution in [0.3, 0.4) is 0 Å². The largest absolute Gasteiger partial charge is 0.464 e. The topological polar surface area (TPSA) is 57.0 Å². The summed E-state index contributed by atoms with van der Waals surface area (Å²) < 4.78 is 18.9. The first-order valence-electron chi connectivity index (χ1n) is 9.69. The van der Waals surface area contributed by atoms with Gasteiger partial charge in [-0.05, 0) is 42.7 Å². The molecule has 0 unspecified atom stereocenters. The molecule has 2 rings (SSSR count). The number of benzene rings is 1. The summed E-state index contributed by atoms with van der Waals surface area (Å²) >= 11 is 0. The fourth-order valence-electron chi connectivity index (χ4n) is 3.00. The monoisotopic (exact) mass is 403 g/mol. The zero-order valence-electron chi connectivity index (χ0n) is 17.8. The van der Waals surface area contributed by atoms with Gasteiger partial charge in [0.05, 0.1) is 6.54 Å². The highest BCUT2D eigenvalue weighted by Gasteiger charge is 2.24. The van der Waals surface area contributed by atoms with Crippen LogP contribution in [-0.2, 0) is 17.9 Å². The molecule has 0 aliphatic rings. The molecule has 3 amide bonds. The van der Waals surface area contributed by atoms with Crippen molar-refractivity contribution in [1.82, 2.24) is 14.7 Å². The molecule has 1 heterocycles. The van der Waals surface area contributed by atoms with E-state index in [-0.39, 0.29) is 36.8 Å². The molecular weight excluding hydrogens is 373 g/mol. The van der Waals surface area contributed by atoms with E-state index in [4.69, 9.17) is 4.42 Å². The second kappa shape index (κ2) is 10.1. The van der Waals surface area contributed by atoms with Crippen LogP contribution in [0, 0.1) is 18.7 Å². The third kappa shape index (κ3) is 6.93. The van der Waals surface area contributed by atoms with Gasteiger partial charge in [0, 0.05) is 27.2 Å². The number of urea groups is 1. The first kappa shape index (κ1) is 22.5. The van der Waals surface area contributed by atoms with E-state index in [1.807, 2.05) is 32.9 Å². The summed E-state index contributed by atoms with van der Waals surface area (Å²) in [6.45, 7) is 6.86. The second-order valence-corrected chi connectivity index (χ2v) is 7.84. The molecule has 0 saturated heterocycles. The number of carbonyl (C=O) groups excluding carboxylic acids is 2. The Morgan fingerprint density at radius 3 is 2.17 bits per heavy atom. The fourth-order valence-corrected chi connectivity index (χ4v) is 3.00. The Balaban J connectivity index is 2.21. The van der Waals surface area contributed by atoms with Gasteiger partial charge in [-0.3, -0.25) is 4.79 Å². The number of nitrogens with zero attached hydrogens (tertiary/aromatic N) is 3. The molecule has 158 valence electrons. The number of furan rings is 1. The van der Waals surface area contributed by atoms with Gasteiger partial charge in [-0.2, -0.15) is 0 Å². The normalized spacial score (nSPS) is 10.9. The van der Waals surface area contributed by atoms with Crippen molar-refractivity contribution in [2.45, 2.75) is 33.9 Å². The highest BCUT2D eigenvalue weighted by Crippen LogP contribution is 2.15. The van der Waals surface area contributed by atoms with Crippen LogP contribution in [0.25, 0.3) is 0 Å². The summed E-state index contributed by atoms with van der Waals surface area (Å²) in [7, 11) is 3.34. The summed E-state index contributed by atoms with van der Waals surface area (Å²) in [5.41, 5.74) is 0.803. The van der Waals surface area contributed by atoms with Crippen LogP contribution in [0.1, 0.15) is 30.9 Å². The van der Waals surface area contributed by atoms with Crippen LogP contribution in [-0.4, -0.2) is 53.8 Å². The molecular formula is C22H30FN3O3. The molecule has 1 aromatic heterocycles. The predicted octanol–water partition coefficient (Wildman–Crippen LogP) is 3.90. The molecule has 0 radical (unpaired) electrons. The molecule has 0 N–H and O–H groups in total. The lowest BCUT2D eigenvalue weighted by molar-refractivity contribution is -0.133. The Kier molecular flexibility index (Phi) is 7.82. The zero-order chi connectivity index (χ0) is 21.6. The average Bonchev–Trinajstić information content (AvgIpc) is 3.06. The van der Waals surface area contributed by atoms with Gasteiger partial charge in [-0.15, -0.1) is 0 Å². The van der Waals surface area contributed by atoms with E-state index >= 15 is 0 Å². The van der Waals surface area contributed by atoms with Gasteiger partial charge in [0.2, 0.25) is 5.91 Å². The van der Waals surface area contributed by atoms with E-state index in [9.17, 15) is 14.0 Å². The van der Waals surface area contributed by atoms with Crippen molar-refractivity contribution < 1.29 is 18.4 Å². The van der Waals surface area contributed by atoms with Crippen molar-refractivity contribution in [3.63, 3.8) is 0 Å². The summed E-state index contributed by atoms with van der Waals surface area (Å²) in [6.07, 6.45) is 0. The molecule has 2 aromatic rings.